The van der Waals surface area contributed by atoms with Crippen molar-refractivity contribution in [1.82, 2.24) is 5.16 Å². The van der Waals surface area contributed by atoms with Crippen LogP contribution < -0.4 is 0 Å². The molecule has 160 valence electrons. The molecule has 8 nitrogen and oxygen atoms in total. The van der Waals surface area contributed by atoms with Gasteiger partial charge in [-0.15, -0.1) is 0 Å². The van der Waals surface area contributed by atoms with E-state index in [1.165, 1.54) is 12.1 Å². The fourth-order valence-corrected chi connectivity index (χ4v) is 4.85. The number of hydrogen-bond donors (Lipinski definition) is 1. The molecule has 3 atom stereocenters. The van der Waals surface area contributed by atoms with Gasteiger partial charge in [-0.25, -0.2) is 8.42 Å². The van der Waals surface area contributed by atoms with E-state index < -0.39 is 44.9 Å². The van der Waals surface area contributed by atoms with Crippen molar-refractivity contribution in [2.45, 2.75) is 32.1 Å². The first-order chi connectivity index (χ1) is 14.0. The largest absolute Gasteiger partial charge is 0.396 e. The molecule has 2 aromatic rings. The molecule has 9 heteroatoms. The summed E-state index contributed by atoms with van der Waals surface area (Å²) in [6, 6.07) is 4.15. The Balaban J connectivity index is 2.14. The summed E-state index contributed by atoms with van der Waals surface area (Å²) in [5, 5.41) is 13.2. The minimum absolute atomic E-state index is 0.0392. The topological polar surface area (TPSA) is 132 Å². The highest BCUT2D eigenvalue weighted by atomic mass is 32.2. The SMILES string of the molecule is Cc1cc(-c2c(S(C)(=O)=O)ccc(C(=O)C3C(=O)CC(CO)C(C)C3=O)c2C)on1. The Hall–Kier alpha value is -2.65. The lowest BCUT2D eigenvalue weighted by atomic mass is 9.70. The molecule has 0 bridgehead atoms. The van der Waals surface area contributed by atoms with E-state index >= 15 is 0 Å². The van der Waals surface area contributed by atoms with Gasteiger partial charge in [0.1, 0.15) is 5.92 Å². The lowest BCUT2D eigenvalue weighted by Gasteiger charge is -2.30. The average molecular weight is 433 g/mol. The summed E-state index contributed by atoms with van der Waals surface area (Å²) in [4.78, 5) is 38.5. The van der Waals surface area contributed by atoms with Gasteiger partial charge in [-0.2, -0.15) is 0 Å². The van der Waals surface area contributed by atoms with Crippen LogP contribution in [-0.4, -0.2) is 48.9 Å². The van der Waals surface area contributed by atoms with Gasteiger partial charge in [0.05, 0.1) is 10.6 Å². The van der Waals surface area contributed by atoms with Gasteiger partial charge >= 0.3 is 0 Å². The second-order valence-electron chi connectivity index (χ2n) is 7.82. The van der Waals surface area contributed by atoms with E-state index in [0.717, 1.165) is 6.26 Å². The maximum absolute atomic E-state index is 13.2. The highest BCUT2D eigenvalue weighted by Crippen LogP contribution is 2.36. The van der Waals surface area contributed by atoms with Crippen LogP contribution in [0.5, 0.6) is 0 Å². The van der Waals surface area contributed by atoms with E-state index in [2.05, 4.69) is 5.16 Å². The molecule has 1 aliphatic rings. The van der Waals surface area contributed by atoms with E-state index in [9.17, 15) is 27.9 Å². The molecule has 1 N–H and O–H groups in total. The Kier molecular flexibility index (Phi) is 5.79. The van der Waals surface area contributed by atoms with Crippen LogP contribution >= 0.6 is 0 Å². The molecule has 1 saturated carbocycles. The number of benzene rings is 1. The quantitative estimate of drug-likeness (QED) is 0.559. The Bertz CT molecular complexity index is 1150. The number of nitrogens with zero attached hydrogens (tertiary/aromatic N) is 1. The van der Waals surface area contributed by atoms with Gasteiger partial charge in [-0.3, -0.25) is 14.4 Å². The fraction of sp³-hybridized carbons (Fsp3) is 0.429. The zero-order valence-electron chi connectivity index (χ0n) is 17.1. The van der Waals surface area contributed by atoms with E-state index in [0.29, 0.717) is 5.69 Å². The Morgan fingerprint density at radius 1 is 1.27 bits per heavy atom. The molecule has 1 aliphatic carbocycles. The Labute approximate surface area is 174 Å². The number of aryl methyl sites for hydroxylation is 1. The first-order valence-electron chi connectivity index (χ1n) is 9.46. The van der Waals surface area contributed by atoms with Crippen molar-refractivity contribution in [1.29, 1.82) is 0 Å². The van der Waals surface area contributed by atoms with Crippen LogP contribution in [0, 0.1) is 31.6 Å². The van der Waals surface area contributed by atoms with Crippen LogP contribution in [0.3, 0.4) is 0 Å². The van der Waals surface area contributed by atoms with Crippen molar-refractivity contribution in [2.24, 2.45) is 17.8 Å². The molecule has 30 heavy (non-hydrogen) atoms. The molecular formula is C21H23NO7S. The Morgan fingerprint density at radius 2 is 1.93 bits per heavy atom. The van der Waals surface area contributed by atoms with Crippen molar-refractivity contribution >= 4 is 27.2 Å². The van der Waals surface area contributed by atoms with Crippen molar-refractivity contribution < 1.29 is 32.4 Å². The smallest absolute Gasteiger partial charge is 0.181 e. The molecule has 1 aromatic carbocycles. The van der Waals surface area contributed by atoms with Crippen molar-refractivity contribution in [3.05, 3.63) is 35.0 Å². The highest BCUT2D eigenvalue weighted by molar-refractivity contribution is 7.90. The molecular weight excluding hydrogens is 410 g/mol. The van der Waals surface area contributed by atoms with Gasteiger partial charge in [0.25, 0.3) is 0 Å². The zero-order valence-corrected chi connectivity index (χ0v) is 17.9. The highest BCUT2D eigenvalue weighted by Gasteiger charge is 2.45. The zero-order chi connectivity index (χ0) is 22.4. The summed E-state index contributed by atoms with van der Waals surface area (Å²) < 4.78 is 29.9. The maximum Gasteiger partial charge on any atom is 0.181 e. The standard InChI is InChI=1S/C21H23NO7S/c1-10-7-16(29-22-10)18-12(3)14(5-6-17(18)30(4,27)28)21(26)19-15(24)8-13(9-23)11(2)20(19)25/h5-7,11,13,19,23H,8-9H2,1-4H3. The first-order valence-corrected chi connectivity index (χ1v) is 11.3. The number of aliphatic hydroxyl groups is 1. The number of aliphatic hydroxyl groups excluding tert-OH is 1. The molecule has 0 radical (unpaired) electrons. The minimum Gasteiger partial charge on any atom is -0.396 e. The van der Waals surface area contributed by atoms with Crippen LogP contribution in [0.25, 0.3) is 11.3 Å². The number of carbonyl (C=O) groups excluding carboxylic acids is 3. The first kappa shape index (κ1) is 22.0. The predicted molar refractivity (Wildman–Crippen MR) is 107 cm³/mol. The van der Waals surface area contributed by atoms with Crippen LogP contribution in [0.4, 0.5) is 0 Å². The molecule has 0 aliphatic heterocycles. The molecule has 1 fully saturated rings. The number of rotatable bonds is 5. The van der Waals surface area contributed by atoms with E-state index in [-0.39, 0.29) is 40.4 Å². The summed E-state index contributed by atoms with van der Waals surface area (Å²) in [5.41, 5.74) is 1.08. The number of sulfone groups is 1. The lowest BCUT2D eigenvalue weighted by Crippen LogP contribution is -2.45. The molecule has 1 aromatic heterocycles. The third kappa shape index (κ3) is 3.75. The van der Waals surface area contributed by atoms with Crippen molar-refractivity contribution in [3.8, 4) is 11.3 Å². The second kappa shape index (κ2) is 7.88. The maximum atomic E-state index is 13.2. The number of aromatic nitrogens is 1. The summed E-state index contributed by atoms with van der Waals surface area (Å²) in [6.07, 6.45) is 0.981. The summed E-state index contributed by atoms with van der Waals surface area (Å²) in [5.74, 6) is -4.16. The van der Waals surface area contributed by atoms with Crippen LogP contribution in [-0.2, 0) is 19.4 Å². The van der Waals surface area contributed by atoms with Crippen LogP contribution in [0.2, 0.25) is 0 Å². The van der Waals surface area contributed by atoms with Gasteiger partial charge < -0.3 is 9.63 Å². The van der Waals surface area contributed by atoms with Gasteiger partial charge in [-0.1, -0.05) is 12.1 Å². The second-order valence-corrected chi connectivity index (χ2v) is 9.80. The number of ketones is 3. The monoisotopic (exact) mass is 433 g/mol. The van der Waals surface area contributed by atoms with Crippen molar-refractivity contribution in [3.63, 3.8) is 0 Å². The van der Waals surface area contributed by atoms with Gasteiger partial charge in [0.15, 0.2) is 32.9 Å². The normalized spacial score (nSPS) is 22.4. The van der Waals surface area contributed by atoms with Crippen LogP contribution in [0.1, 0.15) is 35.0 Å². The summed E-state index contributed by atoms with van der Waals surface area (Å²) >= 11 is 0. The van der Waals surface area contributed by atoms with E-state index in [1.54, 1.807) is 26.8 Å². The fourth-order valence-electron chi connectivity index (χ4n) is 3.91. The molecule has 0 spiro atoms. The summed E-state index contributed by atoms with van der Waals surface area (Å²) in [7, 11) is -3.66. The summed E-state index contributed by atoms with van der Waals surface area (Å²) in [6.45, 7) is 4.51. The molecule has 3 rings (SSSR count). The third-order valence-corrected chi connectivity index (χ3v) is 6.83. The molecule has 0 amide bonds. The minimum atomic E-state index is -3.66. The predicted octanol–water partition coefficient (Wildman–Crippen LogP) is 1.95. The number of Topliss-reactive ketones (excluding diaryl/α,β-unsaturated/α-hetero) is 3. The number of carbonyl (C=O) groups is 3. The van der Waals surface area contributed by atoms with Gasteiger partial charge in [-0.05, 0) is 37.5 Å². The lowest BCUT2D eigenvalue weighted by molar-refractivity contribution is -0.139. The average Bonchev–Trinajstić information content (AvgIpc) is 3.09. The van der Waals surface area contributed by atoms with Crippen molar-refractivity contribution in [2.75, 3.05) is 12.9 Å². The Morgan fingerprint density at radius 3 is 2.47 bits per heavy atom. The third-order valence-electron chi connectivity index (χ3n) is 5.69. The van der Waals surface area contributed by atoms with Crippen LogP contribution in [0.15, 0.2) is 27.6 Å². The number of hydrogen-bond acceptors (Lipinski definition) is 8. The van der Waals surface area contributed by atoms with Gasteiger partial charge in [0, 0.05) is 42.4 Å². The van der Waals surface area contributed by atoms with Gasteiger partial charge in [0.2, 0.25) is 0 Å². The molecule has 1 heterocycles. The van der Waals surface area contributed by atoms with E-state index in [4.69, 9.17) is 4.52 Å². The molecule has 3 unspecified atom stereocenters. The van der Waals surface area contributed by atoms with E-state index in [1.807, 2.05) is 0 Å². The molecule has 0 saturated heterocycles.